The molecule has 144 valence electrons. The van der Waals surface area contributed by atoms with Crippen LogP contribution in [0.3, 0.4) is 0 Å². The van der Waals surface area contributed by atoms with E-state index in [1.807, 2.05) is 12.1 Å². The van der Waals surface area contributed by atoms with Crippen LogP contribution >= 0.6 is 0 Å². The molecule has 0 atom stereocenters. The van der Waals surface area contributed by atoms with Crippen LogP contribution in [-0.4, -0.2) is 19.0 Å². The van der Waals surface area contributed by atoms with Gasteiger partial charge in [0, 0.05) is 5.69 Å². The minimum atomic E-state index is 0.103. The van der Waals surface area contributed by atoms with Gasteiger partial charge in [-0.1, -0.05) is 57.6 Å². The summed E-state index contributed by atoms with van der Waals surface area (Å²) in [7, 11) is 2.15. The molecular weight excluding hydrogens is 341 g/mol. The molecule has 28 heavy (non-hydrogen) atoms. The van der Waals surface area contributed by atoms with Gasteiger partial charge in [-0.3, -0.25) is 0 Å². The Balaban J connectivity index is 2.28. The fourth-order valence-corrected chi connectivity index (χ4v) is 4.61. The smallest absolute Gasteiger partial charge is 0.324 e. The Bertz CT molecular complexity index is 904. The van der Waals surface area contributed by atoms with Gasteiger partial charge in [-0.05, 0) is 83.8 Å². The van der Waals surface area contributed by atoms with Crippen LogP contribution in [0.15, 0.2) is 48.5 Å². The fourth-order valence-electron chi connectivity index (χ4n) is 4.61. The summed E-state index contributed by atoms with van der Waals surface area (Å²) in [6.07, 6.45) is 0. The summed E-state index contributed by atoms with van der Waals surface area (Å²) in [5.41, 5.74) is 11.6. The van der Waals surface area contributed by atoms with Crippen molar-refractivity contribution >= 4 is 23.5 Å². The molecule has 0 aliphatic carbocycles. The Kier molecular flexibility index (Phi) is 5.55. The van der Waals surface area contributed by atoms with Gasteiger partial charge in [-0.25, -0.2) is 0 Å². The summed E-state index contributed by atoms with van der Waals surface area (Å²) in [4.78, 5) is 2.33. The van der Waals surface area contributed by atoms with Gasteiger partial charge in [-0.15, -0.1) is 0 Å². The molecule has 0 fully saturated rings. The van der Waals surface area contributed by atoms with E-state index in [2.05, 4.69) is 77.7 Å². The number of anilines is 1. The molecule has 0 bridgehead atoms. The fraction of sp³-hybridized carbons (Fsp3) is 0.280. The van der Waals surface area contributed by atoms with Crippen molar-refractivity contribution < 1.29 is 5.11 Å². The van der Waals surface area contributed by atoms with Crippen molar-refractivity contribution in [2.24, 2.45) is 0 Å². The van der Waals surface area contributed by atoms with Crippen LogP contribution < -0.4 is 15.7 Å². The van der Waals surface area contributed by atoms with Crippen molar-refractivity contribution in [2.45, 2.75) is 41.5 Å². The first-order valence-corrected chi connectivity index (χ1v) is 9.86. The van der Waals surface area contributed by atoms with Crippen molar-refractivity contribution in [1.29, 1.82) is 0 Å². The molecule has 0 unspecified atom stereocenters. The molecule has 3 aromatic rings. The van der Waals surface area contributed by atoms with Gasteiger partial charge in [0.1, 0.15) is 5.75 Å². The van der Waals surface area contributed by atoms with Crippen molar-refractivity contribution in [2.75, 3.05) is 11.9 Å². The van der Waals surface area contributed by atoms with E-state index in [4.69, 9.17) is 0 Å². The van der Waals surface area contributed by atoms with Gasteiger partial charge in [0.25, 0.3) is 0 Å². The normalized spacial score (nSPS) is 10.8. The molecular formula is C25H30BNO. The van der Waals surface area contributed by atoms with Gasteiger partial charge in [0.05, 0.1) is 0 Å². The van der Waals surface area contributed by atoms with Gasteiger partial charge >= 0.3 is 6.85 Å². The van der Waals surface area contributed by atoms with E-state index >= 15 is 0 Å². The van der Waals surface area contributed by atoms with Crippen LogP contribution in [-0.2, 0) is 0 Å². The molecule has 0 aliphatic rings. The number of benzene rings is 3. The second kappa shape index (κ2) is 7.75. The first-order valence-electron chi connectivity index (χ1n) is 9.86. The van der Waals surface area contributed by atoms with Gasteiger partial charge in [0.2, 0.25) is 0 Å². The average molecular weight is 371 g/mol. The molecule has 0 aliphatic heterocycles. The largest absolute Gasteiger partial charge is 0.508 e. The topological polar surface area (TPSA) is 23.5 Å². The molecule has 3 rings (SSSR count). The summed E-state index contributed by atoms with van der Waals surface area (Å²) in [6, 6.07) is 16.6. The number of hydrogen-bond donors (Lipinski definition) is 1. The average Bonchev–Trinajstić information content (AvgIpc) is 2.58. The van der Waals surface area contributed by atoms with Crippen molar-refractivity contribution in [3.8, 4) is 5.75 Å². The maximum atomic E-state index is 9.73. The molecule has 2 nitrogen and oxygen atoms in total. The van der Waals surface area contributed by atoms with Crippen molar-refractivity contribution in [1.82, 2.24) is 0 Å². The molecule has 1 N–H and O–H groups in total. The third-order valence-electron chi connectivity index (χ3n) is 5.67. The maximum Gasteiger partial charge on any atom is 0.324 e. The number of rotatable bonds is 4. The zero-order chi connectivity index (χ0) is 20.6. The maximum absolute atomic E-state index is 9.73. The Morgan fingerprint density at radius 1 is 0.643 bits per heavy atom. The van der Waals surface area contributed by atoms with Crippen LogP contribution in [0.1, 0.15) is 33.4 Å². The third-order valence-corrected chi connectivity index (χ3v) is 5.67. The number of nitrogens with zero attached hydrogens (tertiary/aromatic N) is 1. The molecule has 0 heterocycles. The quantitative estimate of drug-likeness (QED) is 0.684. The Morgan fingerprint density at radius 2 is 1.00 bits per heavy atom. The monoisotopic (exact) mass is 371 g/mol. The number of hydrogen-bond acceptors (Lipinski definition) is 2. The second-order valence-corrected chi connectivity index (χ2v) is 8.15. The number of phenols is 1. The lowest BCUT2D eigenvalue weighted by Crippen LogP contribution is -2.58. The third kappa shape index (κ3) is 3.80. The summed E-state index contributed by atoms with van der Waals surface area (Å²) in [5, 5.41) is 9.73. The number of phenolic OH excluding ortho intramolecular Hbond substituents is 1. The Labute approximate surface area is 169 Å². The minimum absolute atomic E-state index is 0.103. The Morgan fingerprint density at radius 3 is 1.36 bits per heavy atom. The lowest BCUT2D eigenvalue weighted by Gasteiger charge is -2.32. The van der Waals surface area contributed by atoms with Crippen LogP contribution in [0.2, 0.25) is 0 Å². The highest BCUT2D eigenvalue weighted by atomic mass is 16.3. The van der Waals surface area contributed by atoms with Crippen molar-refractivity contribution in [3.63, 3.8) is 0 Å². The van der Waals surface area contributed by atoms with E-state index in [1.165, 1.54) is 44.3 Å². The second-order valence-electron chi connectivity index (χ2n) is 8.15. The molecule has 3 heteroatoms. The van der Waals surface area contributed by atoms with E-state index in [0.29, 0.717) is 5.75 Å². The summed E-state index contributed by atoms with van der Waals surface area (Å²) in [6.45, 7) is 13.3. The highest BCUT2D eigenvalue weighted by Gasteiger charge is 2.31. The standard InChI is InChI=1S/C25H30BNO/c1-16-12-18(3)24(19(4)13-16)26(25-20(5)14-17(2)15-21(25)6)27(7)22-8-10-23(28)11-9-22/h8-15,28H,1-7H3. The lowest BCUT2D eigenvalue weighted by molar-refractivity contribution is 0.475. The molecule has 0 radical (unpaired) electrons. The SMILES string of the molecule is Cc1cc(C)c(B(c2c(C)cc(C)cc2C)N(C)c2ccc(O)cc2)c(C)c1. The summed E-state index contributed by atoms with van der Waals surface area (Å²) in [5.74, 6) is 0.291. The van der Waals surface area contributed by atoms with E-state index in [1.54, 1.807) is 12.1 Å². The molecule has 0 aromatic heterocycles. The van der Waals surface area contributed by atoms with Crippen LogP contribution in [0, 0.1) is 41.5 Å². The predicted molar refractivity (Wildman–Crippen MR) is 123 cm³/mol. The molecule has 0 saturated heterocycles. The van der Waals surface area contributed by atoms with Crippen LogP contribution in [0.5, 0.6) is 5.75 Å². The number of aromatic hydroxyl groups is 1. The minimum Gasteiger partial charge on any atom is -0.508 e. The summed E-state index contributed by atoms with van der Waals surface area (Å²) < 4.78 is 0. The summed E-state index contributed by atoms with van der Waals surface area (Å²) >= 11 is 0. The van der Waals surface area contributed by atoms with Crippen molar-refractivity contribution in [3.05, 3.63) is 81.9 Å². The lowest BCUT2D eigenvalue weighted by atomic mass is 9.45. The van der Waals surface area contributed by atoms with Gasteiger partial charge < -0.3 is 9.92 Å². The number of aryl methyl sites for hydroxylation is 6. The molecule has 0 amide bonds. The zero-order valence-corrected chi connectivity index (χ0v) is 18.1. The van der Waals surface area contributed by atoms with Gasteiger partial charge in [0.15, 0.2) is 0 Å². The molecule has 0 spiro atoms. The zero-order valence-electron chi connectivity index (χ0n) is 18.1. The van der Waals surface area contributed by atoms with E-state index in [0.717, 1.165) is 5.69 Å². The Hall–Kier alpha value is -2.68. The highest BCUT2D eigenvalue weighted by molar-refractivity contribution is 6.89. The molecule has 0 saturated carbocycles. The van der Waals surface area contributed by atoms with E-state index < -0.39 is 0 Å². The van der Waals surface area contributed by atoms with Gasteiger partial charge in [-0.2, -0.15) is 0 Å². The van der Waals surface area contributed by atoms with E-state index in [-0.39, 0.29) is 6.85 Å². The molecule has 3 aromatic carbocycles. The van der Waals surface area contributed by atoms with Crippen LogP contribution in [0.4, 0.5) is 5.69 Å². The first kappa shape index (κ1) is 20.1. The first-order chi connectivity index (χ1) is 13.2. The predicted octanol–water partition coefficient (Wildman–Crippen LogP) is 4.48. The van der Waals surface area contributed by atoms with Crippen LogP contribution in [0.25, 0.3) is 0 Å². The highest BCUT2D eigenvalue weighted by Crippen LogP contribution is 2.21. The van der Waals surface area contributed by atoms with E-state index in [9.17, 15) is 5.11 Å².